The minimum Gasteiger partial charge on any atom is -0.339 e. The molecule has 2 aliphatic heterocycles. The number of fused-ring (bicyclic) bond motifs is 1. The first kappa shape index (κ1) is 27.8. The maximum atomic E-state index is 14.3. The number of sulfone groups is 1. The molecule has 210 valence electrons. The van der Waals surface area contributed by atoms with E-state index in [0.29, 0.717) is 40.6 Å². The highest BCUT2D eigenvalue weighted by Gasteiger charge is 2.36. The molecular weight excluding hydrogens is 515 g/mol. The summed E-state index contributed by atoms with van der Waals surface area (Å²) in [5.41, 5.74) is 4.16. The maximum Gasteiger partial charge on any atom is 0.256 e. The van der Waals surface area contributed by atoms with Crippen molar-refractivity contribution in [1.82, 2.24) is 19.4 Å². The quantitative estimate of drug-likeness (QED) is 0.425. The van der Waals surface area contributed by atoms with Crippen LogP contribution in [-0.2, 0) is 16.3 Å². The van der Waals surface area contributed by atoms with E-state index in [1.165, 1.54) is 17.7 Å². The molecule has 0 radical (unpaired) electrons. The van der Waals surface area contributed by atoms with Crippen molar-refractivity contribution >= 4 is 26.6 Å². The fraction of sp³-hybridized carbons (Fsp3) is 0.533. The van der Waals surface area contributed by atoms with Crippen molar-refractivity contribution in [2.75, 3.05) is 31.6 Å². The number of halogens is 1. The third-order valence-electron chi connectivity index (χ3n) is 8.88. The fourth-order valence-corrected chi connectivity index (χ4v) is 7.71. The van der Waals surface area contributed by atoms with Crippen LogP contribution in [0, 0.1) is 24.6 Å². The van der Waals surface area contributed by atoms with Crippen molar-refractivity contribution in [3.63, 3.8) is 0 Å². The molecule has 3 aromatic rings. The van der Waals surface area contributed by atoms with Crippen LogP contribution >= 0.6 is 0 Å². The van der Waals surface area contributed by atoms with E-state index in [4.69, 9.17) is 0 Å². The molecule has 1 amide bonds. The van der Waals surface area contributed by atoms with Gasteiger partial charge in [0, 0.05) is 50.0 Å². The monoisotopic (exact) mass is 554 g/mol. The third kappa shape index (κ3) is 5.48. The highest BCUT2D eigenvalue weighted by atomic mass is 32.2. The van der Waals surface area contributed by atoms with Crippen molar-refractivity contribution < 1.29 is 17.6 Å². The van der Waals surface area contributed by atoms with Gasteiger partial charge in [0.2, 0.25) is 0 Å². The molecule has 2 aromatic heterocycles. The second-order valence-electron chi connectivity index (χ2n) is 11.8. The summed E-state index contributed by atoms with van der Waals surface area (Å²) in [5.74, 6) is 0.892. The average Bonchev–Trinajstić information content (AvgIpc) is 3.24. The molecule has 2 aliphatic rings. The molecule has 9 heteroatoms. The molecule has 39 heavy (non-hydrogen) atoms. The van der Waals surface area contributed by atoms with E-state index in [1.807, 2.05) is 30.8 Å². The summed E-state index contributed by atoms with van der Waals surface area (Å²) in [6, 6.07) is 4.77. The number of amides is 1. The average molecular weight is 555 g/mol. The molecular formula is C30H39FN4O3S. The van der Waals surface area contributed by atoms with E-state index in [-0.39, 0.29) is 11.9 Å². The van der Waals surface area contributed by atoms with Crippen LogP contribution in [0.4, 0.5) is 4.39 Å². The van der Waals surface area contributed by atoms with E-state index >= 15 is 0 Å². The zero-order valence-corrected chi connectivity index (χ0v) is 24.3. The standard InChI is InChI=1S/C30H39FN4O3S/c1-19(2)33(5)30(36)26-13-25(31)6-7-27(26)35-18-24(29-20(3)14-32-15-28(29)35)12-22-16-34(17-22)21(4)23-8-10-39(37,38)11-9-23/h6-7,13-15,18-19,21-23H,8-12,16-17H2,1-5H3/t21-/m1/s1. The molecule has 1 atom stereocenters. The highest BCUT2D eigenvalue weighted by Crippen LogP contribution is 2.35. The Morgan fingerprint density at radius 3 is 2.51 bits per heavy atom. The van der Waals surface area contributed by atoms with Gasteiger partial charge < -0.3 is 9.47 Å². The number of carbonyl (C=O) groups is 1. The molecule has 0 unspecified atom stereocenters. The van der Waals surface area contributed by atoms with Crippen LogP contribution in [0.15, 0.2) is 36.8 Å². The number of rotatable bonds is 7. The summed E-state index contributed by atoms with van der Waals surface area (Å²) >= 11 is 0. The predicted molar refractivity (Wildman–Crippen MR) is 153 cm³/mol. The van der Waals surface area contributed by atoms with E-state index in [0.717, 1.165) is 48.8 Å². The van der Waals surface area contributed by atoms with Crippen LogP contribution in [0.25, 0.3) is 16.6 Å². The molecule has 2 saturated heterocycles. The van der Waals surface area contributed by atoms with Crippen molar-refractivity contribution in [3.05, 3.63) is 59.3 Å². The van der Waals surface area contributed by atoms with Gasteiger partial charge in [-0.15, -0.1) is 0 Å². The number of hydrogen-bond acceptors (Lipinski definition) is 5. The van der Waals surface area contributed by atoms with Gasteiger partial charge in [0.25, 0.3) is 5.91 Å². The summed E-state index contributed by atoms with van der Waals surface area (Å²) in [6.45, 7) is 10.1. The summed E-state index contributed by atoms with van der Waals surface area (Å²) in [4.78, 5) is 21.9. The lowest BCUT2D eigenvalue weighted by molar-refractivity contribution is 0.0309. The number of nitrogens with zero attached hydrogens (tertiary/aromatic N) is 4. The maximum absolute atomic E-state index is 14.3. The zero-order chi connectivity index (χ0) is 28.1. The lowest BCUT2D eigenvalue weighted by Gasteiger charge is -2.46. The van der Waals surface area contributed by atoms with Crippen molar-refractivity contribution in [2.24, 2.45) is 11.8 Å². The normalized spacial score (nSPS) is 19.4. The van der Waals surface area contributed by atoms with E-state index in [1.54, 1.807) is 18.0 Å². The van der Waals surface area contributed by atoms with Crippen LogP contribution in [0.5, 0.6) is 0 Å². The van der Waals surface area contributed by atoms with Crippen LogP contribution < -0.4 is 0 Å². The Bertz CT molecular complexity index is 1480. The van der Waals surface area contributed by atoms with Gasteiger partial charge >= 0.3 is 0 Å². The Morgan fingerprint density at radius 1 is 1.15 bits per heavy atom. The first-order valence-electron chi connectivity index (χ1n) is 13.9. The Morgan fingerprint density at radius 2 is 1.85 bits per heavy atom. The minimum atomic E-state index is -2.85. The van der Waals surface area contributed by atoms with Gasteiger partial charge in [-0.05, 0) is 88.1 Å². The smallest absolute Gasteiger partial charge is 0.256 e. The van der Waals surface area contributed by atoms with E-state index < -0.39 is 15.7 Å². The minimum absolute atomic E-state index is 0.0172. The molecule has 2 fully saturated rings. The Hall–Kier alpha value is -2.78. The van der Waals surface area contributed by atoms with E-state index in [9.17, 15) is 17.6 Å². The molecule has 4 heterocycles. The summed E-state index contributed by atoms with van der Waals surface area (Å²) in [7, 11) is -1.11. The predicted octanol–water partition coefficient (Wildman–Crippen LogP) is 4.64. The second-order valence-corrected chi connectivity index (χ2v) is 14.1. The van der Waals surface area contributed by atoms with Crippen LogP contribution in [0.2, 0.25) is 0 Å². The van der Waals surface area contributed by atoms with Gasteiger partial charge in [0.15, 0.2) is 0 Å². The molecule has 1 aromatic carbocycles. The van der Waals surface area contributed by atoms with Gasteiger partial charge in [-0.3, -0.25) is 14.7 Å². The van der Waals surface area contributed by atoms with Crippen LogP contribution in [0.3, 0.4) is 0 Å². The zero-order valence-electron chi connectivity index (χ0n) is 23.5. The van der Waals surface area contributed by atoms with Crippen LogP contribution in [0.1, 0.15) is 55.1 Å². The fourth-order valence-electron chi connectivity index (χ4n) is 6.18. The molecule has 0 aliphatic carbocycles. The number of carbonyl (C=O) groups excluding carboxylic acids is 1. The number of likely N-dealkylation sites (tertiary alicyclic amines) is 1. The largest absolute Gasteiger partial charge is 0.339 e. The highest BCUT2D eigenvalue weighted by molar-refractivity contribution is 7.91. The van der Waals surface area contributed by atoms with Gasteiger partial charge in [-0.25, -0.2) is 12.8 Å². The van der Waals surface area contributed by atoms with Crippen molar-refractivity contribution in [2.45, 2.75) is 59.0 Å². The third-order valence-corrected chi connectivity index (χ3v) is 10.6. The lowest BCUT2D eigenvalue weighted by atomic mass is 9.86. The summed E-state index contributed by atoms with van der Waals surface area (Å²) in [6.07, 6.45) is 8.20. The SMILES string of the molecule is Cc1cncc2c1c(CC1CN([C@H](C)C3CCS(=O)(=O)CC3)C1)cn2-c1ccc(F)cc1C(=O)N(C)C(C)C. The number of aromatic nitrogens is 2. The van der Waals surface area contributed by atoms with Gasteiger partial charge in [0.1, 0.15) is 15.7 Å². The Labute approximate surface area is 230 Å². The number of benzene rings is 1. The van der Waals surface area contributed by atoms with Gasteiger partial charge in [-0.1, -0.05) is 0 Å². The first-order chi connectivity index (χ1) is 18.4. The Kier molecular flexibility index (Phi) is 7.59. The second kappa shape index (κ2) is 10.7. The molecule has 0 saturated carbocycles. The number of pyridine rings is 1. The molecule has 0 N–H and O–H groups in total. The first-order valence-corrected chi connectivity index (χ1v) is 15.7. The van der Waals surface area contributed by atoms with Crippen molar-refractivity contribution in [3.8, 4) is 5.69 Å². The molecule has 5 rings (SSSR count). The molecule has 0 spiro atoms. The molecule has 0 bridgehead atoms. The summed E-state index contributed by atoms with van der Waals surface area (Å²) in [5, 5.41) is 1.13. The lowest BCUT2D eigenvalue weighted by Crippen LogP contribution is -2.54. The summed E-state index contributed by atoms with van der Waals surface area (Å²) < 4.78 is 40.0. The topological polar surface area (TPSA) is 75.5 Å². The number of aryl methyl sites for hydroxylation is 1. The number of hydrogen-bond donors (Lipinski definition) is 0. The van der Waals surface area contributed by atoms with Gasteiger partial charge in [-0.2, -0.15) is 0 Å². The molecule has 7 nitrogen and oxygen atoms in total. The Balaban J connectivity index is 1.40. The van der Waals surface area contributed by atoms with Crippen LogP contribution in [-0.4, -0.2) is 77.4 Å². The van der Waals surface area contributed by atoms with Crippen molar-refractivity contribution in [1.29, 1.82) is 0 Å². The van der Waals surface area contributed by atoms with E-state index in [2.05, 4.69) is 29.9 Å². The van der Waals surface area contributed by atoms with Gasteiger partial charge in [0.05, 0.1) is 34.5 Å².